The number of carbonyl (C=O) groups is 2. The molecule has 0 unspecified atom stereocenters. The topological polar surface area (TPSA) is 57.6 Å². The van der Waals surface area contributed by atoms with Gasteiger partial charge in [0, 0.05) is 12.5 Å². The molecule has 2 saturated carbocycles. The highest BCUT2D eigenvalue weighted by molar-refractivity contribution is 5.86. The molecular formula is C16H23NO3. The van der Waals surface area contributed by atoms with Gasteiger partial charge < -0.3 is 10.0 Å². The number of carboxylic acid groups (broad SMARTS) is 1. The Kier molecular flexibility index (Phi) is 4.69. The molecule has 110 valence electrons. The molecule has 0 atom stereocenters. The van der Waals surface area contributed by atoms with Gasteiger partial charge in [-0.15, -0.1) is 6.42 Å². The van der Waals surface area contributed by atoms with Crippen LogP contribution in [0.15, 0.2) is 0 Å². The van der Waals surface area contributed by atoms with Crippen LogP contribution in [0.1, 0.15) is 57.8 Å². The smallest absolute Gasteiger partial charge is 0.310 e. The van der Waals surface area contributed by atoms with Crippen molar-refractivity contribution in [2.24, 2.45) is 5.41 Å². The molecular weight excluding hydrogens is 254 g/mol. The summed E-state index contributed by atoms with van der Waals surface area (Å²) in [7, 11) is 0. The van der Waals surface area contributed by atoms with Crippen LogP contribution in [0.25, 0.3) is 0 Å². The minimum atomic E-state index is -0.832. The molecule has 0 aliphatic heterocycles. The molecule has 2 rings (SSSR count). The summed E-state index contributed by atoms with van der Waals surface area (Å²) in [5.74, 6) is 1.65. The number of carboxylic acids is 1. The Hall–Kier alpha value is -1.50. The van der Waals surface area contributed by atoms with Crippen molar-refractivity contribution in [3.8, 4) is 12.3 Å². The van der Waals surface area contributed by atoms with Gasteiger partial charge in [0.2, 0.25) is 5.91 Å². The van der Waals surface area contributed by atoms with Gasteiger partial charge in [0.25, 0.3) is 0 Å². The summed E-state index contributed by atoms with van der Waals surface area (Å²) in [5, 5.41) is 9.34. The Morgan fingerprint density at radius 2 is 1.85 bits per heavy atom. The highest BCUT2D eigenvalue weighted by atomic mass is 16.4. The van der Waals surface area contributed by atoms with Gasteiger partial charge in [0.15, 0.2) is 0 Å². The third-order valence-corrected chi connectivity index (χ3v) is 4.85. The molecule has 2 aliphatic carbocycles. The van der Waals surface area contributed by atoms with Crippen LogP contribution in [-0.4, -0.2) is 34.5 Å². The number of hydrogen-bond donors (Lipinski definition) is 1. The third kappa shape index (κ3) is 2.98. The molecule has 2 fully saturated rings. The van der Waals surface area contributed by atoms with E-state index < -0.39 is 11.4 Å². The first-order valence-corrected chi connectivity index (χ1v) is 7.55. The van der Waals surface area contributed by atoms with Gasteiger partial charge in [0.05, 0.1) is 12.0 Å². The monoisotopic (exact) mass is 277 g/mol. The predicted molar refractivity (Wildman–Crippen MR) is 76.0 cm³/mol. The summed E-state index contributed by atoms with van der Waals surface area (Å²) in [4.78, 5) is 25.6. The summed E-state index contributed by atoms with van der Waals surface area (Å²) < 4.78 is 0. The van der Waals surface area contributed by atoms with Gasteiger partial charge in [-0.25, -0.2) is 0 Å². The van der Waals surface area contributed by atoms with E-state index in [1.165, 1.54) is 6.42 Å². The number of carbonyl (C=O) groups excluding carboxylic acids is 1. The molecule has 1 N–H and O–H groups in total. The average molecular weight is 277 g/mol. The van der Waals surface area contributed by atoms with Crippen LogP contribution >= 0.6 is 0 Å². The quantitative estimate of drug-likeness (QED) is 0.785. The number of amides is 1. The summed E-state index contributed by atoms with van der Waals surface area (Å²) in [6.45, 7) is 0.305. The molecule has 0 spiro atoms. The van der Waals surface area contributed by atoms with Gasteiger partial charge >= 0.3 is 5.97 Å². The van der Waals surface area contributed by atoms with E-state index in [9.17, 15) is 14.7 Å². The molecule has 20 heavy (non-hydrogen) atoms. The van der Waals surface area contributed by atoms with Crippen molar-refractivity contribution in [2.75, 3.05) is 6.54 Å². The molecule has 1 amide bonds. The fourth-order valence-corrected chi connectivity index (χ4v) is 3.37. The molecule has 0 aromatic carbocycles. The van der Waals surface area contributed by atoms with E-state index in [0.29, 0.717) is 19.4 Å². The Bertz CT molecular complexity index is 414. The number of rotatable bonds is 5. The maximum Gasteiger partial charge on any atom is 0.310 e. The van der Waals surface area contributed by atoms with Crippen molar-refractivity contribution >= 4 is 11.9 Å². The minimum absolute atomic E-state index is 0.0723. The first-order chi connectivity index (χ1) is 9.59. The highest BCUT2D eigenvalue weighted by Crippen LogP contribution is 2.44. The summed E-state index contributed by atoms with van der Waals surface area (Å²) in [5.41, 5.74) is -0.821. The maximum atomic E-state index is 12.5. The fourth-order valence-electron chi connectivity index (χ4n) is 3.37. The van der Waals surface area contributed by atoms with Gasteiger partial charge in [-0.05, 0) is 25.7 Å². The summed E-state index contributed by atoms with van der Waals surface area (Å²) in [6, 6.07) is 0.207. The Morgan fingerprint density at radius 1 is 1.20 bits per heavy atom. The first kappa shape index (κ1) is 14.9. The predicted octanol–water partition coefficient (Wildman–Crippen LogP) is 2.43. The molecule has 0 heterocycles. The zero-order chi connectivity index (χ0) is 14.6. The lowest BCUT2D eigenvalue weighted by Crippen LogP contribution is -2.47. The van der Waals surface area contributed by atoms with Crippen LogP contribution in [0.3, 0.4) is 0 Å². The maximum absolute atomic E-state index is 12.5. The molecule has 0 bridgehead atoms. The van der Waals surface area contributed by atoms with Crippen molar-refractivity contribution in [1.29, 1.82) is 0 Å². The number of nitrogens with zero attached hydrogens (tertiary/aromatic N) is 1. The Labute approximate surface area is 120 Å². The minimum Gasteiger partial charge on any atom is -0.481 e. The normalized spacial score (nSPS) is 21.6. The SMILES string of the molecule is C#CCN(C(=O)CC1(C(=O)O)CCC1)C1CCCCC1. The van der Waals surface area contributed by atoms with Crippen LogP contribution < -0.4 is 0 Å². The van der Waals surface area contributed by atoms with Gasteiger partial charge in [-0.1, -0.05) is 31.6 Å². The standard InChI is InChI=1S/C16H23NO3/c1-2-11-17(13-7-4-3-5-8-13)14(18)12-16(15(19)20)9-6-10-16/h1,13H,3-12H2,(H,19,20). The van der Waals surface area contributed by atoms with Gasteiger partial charge in [0.1, 0.15) is 0 Å². The number of terminal acetylenes is 1. The van der Waals surface area contributed by atoms with Crippen molar-refractivity contribution in [1.82, 2.24) is 4.90 Å². The lowest BCUT2D eigenvalue weighted by molar-refractivity contribution is -0.160. The van der Waals surface area contributed by atoms with Gasteiger partial charge in [-0.2, -0.15) is 0 Å². The molecule has 0 aromatic rings. The third-order valence-electron chi connectivity index (χ3n) is 4.85. The molecule has 0 radical (unpaired) electrons. The lowest BCUT2D eigenvalue weighted by Gasteiger charge is -2.40. The molecule has 0 saturated heterocycles. The molecule has 2 aliphatic rings. The Balaban J connectivity index is 2.03. The van der Waals surface area contributed by atoms with Gasteiger partial charge in [-0.3, -0.25) is 9.59 Å². The van der Waals surface area contributed by atoms with Crippen LogP contribution in [-0.2, 0) is 9.59 Å². The zero-order valence-electron chi connectivity index (χ0n) is 11.9. The number of hydrogen-bond acceptors (Lipinski definition) is 2. The second-order valence-electron chi connectivity index (χ2n) is 6.13. The largest absolute Gasteiger partial charge is 0.481 e. The summed E-state index contributed by atoms with van der Waals surface area (Å²) >= 11 is 0. The van der Waals surface area contributed by atoms with Crippen molar-refractivity contribution in [3.63, 3.8) is 0 Å². The van der Waals surface area contributed by atoms with E-state index in [4.69, 9.17) is 6.42 Å². The second-order valence-corrected chi connectivity index (χ2v) is 6.13. The highest BCUT2D eigenvalue weighted by Gasteiger charge is 2.47. The lowest BCUT2D eigenvalue weighted by atomic mass is 9.66. The zero-order valence-corrected chi connectivity index (χ0v) is 11.9. The van der Waals surface area contributed by atoms with E-state index >= 15 is 0 Å². The average Bonchev–Trinajstić information content (AvgIpc) is 2.40. The van der Waals surface area contributed by atoms with Crippen molar-refractivity contribution in [2.45, 2.75) is 63.8 Å². The van der Waals surface area contributed by atoms with Crippen molar-refractivity contribution in [3.05, 3.63) is 0 Å². The Morgan fingerprint density at radius 3 is 2.30 bits per heavy atom. The molecule has 4 heteroatoms. The molecule has 4 nitrogen and oxygen atoms in total. The van der Waals surface area contributed by atoms with E-state index in [-0.39, 0.29) is 18.4 Å². The van der Waals surface area contributed by atoms with Crippen LogP contribution in [0, 0.1) is 17.8 Å². The van der Waals surface area contributed by atoms with E-state index in [1.54, 1.807) is 4.90 Å². The van der Waals surface area contributed by atoms with E-state index in [0.717, 1.165) is 32.1 Å². The van der Waals surface area contributed by atoms with Crippen LogP contribution in [0.2, 0.25) is 0 Å². The number of aliphatic carboxylic acids is 1. The van der Waals surface area contributed by atoms with Crippen LogP contribution in [0.5, 0.6) is 0 Å². The fraction of sp³-hybridized carbons (Fsp3) is 0.750. The second kappa shape index (κ2) is 6.30. The van der Waals surface area contributed by atoms with Crippen molar-refractivity contribution < 1.29 is 14.7 Å². The van der Waals surface area contributed by atoms with E-state index in [1.807, 2.05) is 0 Å². The summed E-state index contributed by atoms with van der Waals surface area (Å²) in [6.07, 6.45) is 13.1. The van der Waals surface area contributed by atoms with E-state index in [2.05, 4.69) is 5.92 Å². The first-order valence-electron chi connectivity index (χ1n) is 7.55. The van der Waals surface area contributed by atoms with Crippen LogP contribution in [0.4, 0.5) is 0 Å². The molecule has 0 aromatic heterocycles.